The van der Waals surface area contributed by atoms with E-state index in [9.17, 15) is 9.59 Å². The minimum absolute atomic E-state index is 0.163. The Morgan fingerprint density at radius 2 is 2.04 bits per heavy atom. The summed E-state index contributed by atoms with van der Waals surface area (Å²) in [6, 6.07) is 11.0. The summed E-state index contributed by atoms with van der Waals surface area (Å²) in [5.41, 5.74) is 1.87. The minimum Gasteiger partial charge on any atom is -0.465 e. The largest absolute Gasteiger partial charge is 0.465 e. The third kappa shape index (κ3) is 2.88. The molecule has 23 heavy (non-hydrogen) atoms. The lowest BCUT2D eigenvalue weighted by Gasteiger charge is -2.11. The van der Waals surface area contributed by atoms with E-state index >= 15 is 0 Å². The molecule has 0 aliphatic carbocycles. The van der Waals surface area contributed by atoms with Crippen molar-refractivity contribution in [3.05, 3.63) is 52.4 Å². The summed E-state index contributed by atoms with van der Waals surface area (Å²) in [5.74, 6) is -0.0156. The van der Waals surface area contributed by atoms with Gasteiger partial charge in [-0.25, -0.2) is 4.98 Å². The highest BCUT2D eigenvalue weighted by atomic mass is 16.5. The fourth-order valence-corrected chi connectivity index (χ4v) is 2.52. The van der Waals surface area contributed by atoms with Gasteiger partial charge in [-0.05, 0) is 19.9 Å². The van der Waals surface area contributed by atoms with Crippen molar-refractivity contribution in [2.45, 2.75) is 20.4 Å². The number of H-pyrrole nitrogens is 1. The molecule has 1 aromatic carbocycles. The maximum absolute atomic E-state index is 12.8. The molecule has 0 spiro atoms. The van der Waals surface area contributed by atoms with Crippen LogP contribution in [0.25, 0.3) is 22.4 Å². The average Bonchev–Trinajstić information content (AvgIpc) is 2.92. The van der Waals surface area contributed by atoms with Crippen molar-refractivity contribution in [3.63, 3.8) is 0 Å². The molecule has 1 N–H and O–H groups in total. The van der Waals surface area contributed by atoms with Crippen molar-refractivity contribution in [1.82, 2.24) is 14.5 Å². The molecule has 0 aliphatic rings. The van der Waals surface area contributed by atoms with Gasteiger partial charge in [-0.1, -0.05) is 30.3 Å². The van der Waals surface area contributed by atoms with Gasteiger partial charge in [0.25, 0.3) is 5.56 Å². The first kappa shape index (κ1) is 15.0. The predicted molar refractivity (Wildman–Crippen MR) is 87.2 cm³/mol. The summed E-state index contributed by atoms with van der Waals surface area (Å²) in [6.45, 7) is 3.70. The molecule has 6 heteroatoms. The molecule has 0 amide bonds. The topological polar surface area (TPSA) is 77.0 Å². The SMILES string of the molecule is CCOC(=O)Cn1c(-c2ccccc2)nc2[nH]c(C)cc2c1=O. The molecule has 0 unspecified atom stereocenters. The molecule has 0 saturated heterocycles. The van der Waals surface area contributed by atoms with Gasteiger partial charge in [0.15, 0.2) is 0 Å². The van der Waals surface area contributed by atoms with Gasteiger partial charge in [-0.3, -0.25) is 14.2 Å². The van der Waals surface area contributed by atoms with Crippen LogP contribution in [0, 0.1) is 6.92 Å². The number of ether oxygens (including phenoxy) is 1. The maximum atomic E-state index is 12.8. The van der Waals surface area contributed by atoms with E-state index in [0.29, 0.717) is 16.9 Å². The Kier molecular flexibility index (Phi) is 3.97. The summed E-state index contributed by atoms with van der Waals surface area (Å²) in [6.07, 6.45) is 0. The first-order valence-electron chi connectivity index (χ1n) is 7.41. The highest BCUT2D eigenvalue weighted by Crippen LogP contribution is 2.19. The van der Waals surface area contributed by atoms with Crippen LogP contribution in [0.2, 0.25) is 0 Å². The van der Waals surface area contributed by atoms with Gasteiger partial charge in [-0.15, -0.1) is 0 Å². The predicted octanol–water partition coefficient (Wildman–Crippen LogP) is 2.26. The fraction of sp³-hybridized carbons (Fsp3) is 0.235. The summed E-state index contributed by atoms with van der Waals surface area (Å²) < 4.78 is 6.34. The number of esters is 1. The number of nitrogens with zero attached hydrogens (tertiary/aromatic N) is 2. The Balaban J connectivity index is 2.23. The van der Waals surface area contributed by atoms with E-state index in [1.165, 1.54) is 4.57 Å². The van der Waals surface area contributed by atoms with Crippen LogP contribution in [0.5, 0.6) is 0 Å². The second kappa shape index (κ2) is 6.08. The van der Waals surface area contributed by atoms with Gasteiger partial charge in [-0.2, -0.15) is 0 Å². The van der Waals surface area contributed by atoms with Gasteiger partial charge >= 0.3 is 5.97 Å². The number of fused-ring (bicyclic) bond motifs is 1. The number of carbonyl (C=O) groups is 1. The van der Waals surface area contributed by atoms with E-state index in [1.54, 1.807) is 13.0 Å². The van der Waals surface area contributed by atoms with Crippen molar-refractivity contribution in [2.75, 3.05) is 6.61 Å². The molecule has 0 saturated carbocycles. The first-order valence-corrected chi connectivity index (χ1v) is 7.41. The van der Waals surface area contributed by atoms with Crippen molar-refractivity contribution in [2.24, 2.45) is 0 Å². The third-order valence-electron chi connectivity index (χ3n) is 3.50. The Morgan fingerprint density at radius 3 is 2.74 bits per heavy atom. The quantitative estimate of drug-likeness (QED) is 0.750. The first-order chi connectivity index (χ1) is 11.1. The highest BCUT2D eigenvalue weighted by molar-refractivity contribution is 5.79. The molecule has 0 fully saturated rings. The summed E-state index contributed by atoms with van der Waals surface area (Å²) in [7, 11) is 0. The molecule has 118 valence electrons. The van der Waals surface area contributed by atoms with Crippen molar-refractivity contribution in [1.29, 1.82) is 0 Å². The Morgan fingerprint density at radius 1 is 1.30 bits per heavy atom. The van der Waals surface area contributed by atoms with Crippen LogP contribution in [-0.2, 0) is 16.1 Å². The van der Waals surface area contributed by atoms with E-state index < -0.39 is 5.97 Å². The van der Waals surface area contributed by atoms with Crippen molar-refractivity contribution >= 4 is 17.0 Å². The fourth-order valence-electron chi connectivity index (χ4n) is 2.52. The smallest absolute Gasteiger partial charge is 0.326 e. The lowest BCUT2D eigenvalue weighted by molar-refractivity contribution is -0.143. The van der Waals surface area contributed by atoms with Crippen LogP contribution >= 0.6 is 0 Å². The van der Waals surface area contributed by atoms with E-state index in [2.05, 4.69) is 9.97 Å². The number of hydrogen-bond donors (Lipinski definition) is 1. The van der Waals surface area contributed by atoms with E-state index in [0.717, 1.165) is 11.3 Å². The standard InChI is InChI=1S/C17H17N3O3/c1-3-23-14(21)10-20-16(12-7-5-4-6-8-12)19-15-13(17(20)22)9-11(2)18-15/h4-9,18H,3,10H2,1-2H3. The molecular formula is C17H17N3O3. The second-order valence-corrected chi connectivity index (χ2v) is 5.21. The Labute approximate surface area is 132 Å². The highest BCUT2D eigenvalue weighted by Gasteiger charge is 2.17. The molecule has 2 aromatic heterocycles. The van der Waals surface area contributed by atoms with Gasteiger partial charge in [0.2, 0.25) is 0 Å². The molecule has 0 aliphatic heterocycles. The summed E-state index contributed by atoms with van der Waals surface area (Å²) >= 11 is 0. The van der Waals surface area contributed by atoms with Crippen LogP contribution in [0.1, 0.15) is 12.6 Å². The molecular weight excluding hydrogens is 294 g/mol. The number of hydrogen-bond acceptors (Lipinski definition) is 4. The van der Waals surface area contributed by atoms with Crippen molar-refractivity contribution < 1.29 is 9.53 Å². The molecule has 3 aromatic rings. The number of benzene rings is 1. The monoisotopic (exact) mass is 311 g/mol. The van der Waals surface area contributed by atoms with Gasteiger partial charge in [0.1, 0.15) is 18.0 Å². The normalized spacial score (nSPS) is 10.9. The van der Waals surface area contributed by atoms with Crippen LogP contribution in [-0.4, -0.2) is 27.1 Å². The Hall–Kier alpha value is -2.89. The number of nitrogens with one attached hydrogen (secondary N) is 1. The zero-order valence-electron chi connectivity index (χ0n) is 13.0. The number of carbonyl (C=O) groups excluding carboxylic acids is 1. The van der Waals surface area contributed by atoms with E-state index in [1.807, 2.05) is 37.3 Å². The van der Waals surface area contributed by atoms with Crippen molar-refractivity contribution in [3.8, 4) is 11.4 Å². The van der Waals surface area contributed by atoms with Crippen LogP contribution in [0.15, 0.2) is 41.2 Å². The summed E-state index contributed by atoms with van der Waals surface area (Å²) in [4.78, 5) is 32.3. The molecule has 3 rings (SSSR count). The average molecular weight is 311 g/mol. The van der Waals surface area contributed by atoms with Gasteiger partial charge in [0.05, 0.1) is 12.0 Å². The third-order valence-corrected chi connectivity index (χ3v) is 3.50. The molecule has 6 nitrogen and oxygen atoms in total. The second-order valence-electron chi connectivity index (χ2n) is 5.21. The lowest BCUT2D eigenvalue weighted by atomic mass is 10.2. The lowest BCUT2D eigenvalue weighted by Crippen LogP contribution is -2.27. The number of aromatic amines is 1. The molecule has 0 atom stereocenters. The minimum atomic E-state index is -0.458. The van der Waals surface area contributed by atoms with Crippen LogP contribution in [0.3, 0.4) is 0 Å². The Bertz CT molecular complexity index is 910. The number of aromatic nitrogens is 3. The molecule has 2 heterocycles. The van der Waals surface area contributed by atoms with Crippen LogP contribution in [0.4, 0.5) is 0 Å². The molecule has 0 bridgehead atoms. The summed E-state index contributed by atoms with van der Waals surface area (Å²) in [5, 5.41) is 0.464. The van der Waals surface area contributed by atoms with E-state index in [-0.39, 0.29) is 18.7 Å². The zero-order chi connectivity index (χ0) is 16.4. The maximum Gasteiger partial charge on any atom is 0.326 e. The van der Waals surface area contributed by atoms with Crippen LogP contribution < -0.4 is 5.56 Å². The number of rotatable bonds is 4. The zero-order valence-corrected chi connectivity index (χ0v) is 13.0. The van der Waals surface area contributed by atoms with Gasteiger partial charge < -0.3 is 9.72 Å². The number of aryl methyl sites for hydroxylation is 1. The molecule has 0 radical (unpaired) electrons. The van der Waals surface area contributed by atoms with Gasteiger partial charge in [0, 0.05) is 11.3 Å². The van der Waals surface area contributed by atoms with E-state index in [4.69, 9.17) is 4.74 Å².